The Morgan fingerprint density at radius 2 is 1.96 bits per heavy atom. The molecule has 1 atom stereocenters. The molecule has 2 aromatic carbocycles. The molecular weight excluding hydrogens is 376 g/mol. The van der Waals surface area contributed by atoms with Crippen LogP contribution in [0.4, 0.5) is 5.69 Å². The van der Waals surface area contributed by atoms with Crippen molar-refractivity contribution in [1.29, 1.82) is 0 Å². The third-order valence-electron chi connectivity index (χ3n) is 4.35. The van der Waals surface area contributed by atoms with Gasteiger partial charge in [0.15, 0.2) is 5.16 Å². The topological polar surface area (TPSA) is 83.1 Å². The Morgan fingerprint density at radius 3 is 2.68 bits per heavy atom. The van der Waals surface area contributed by atoms with Crippen LogP contribution in [0.2, 0.25) is 0 Å². The van der Waals surface area contributed by atoms with E-state index in [0.717, 1.165) is 22.1 Å². The molecule has 0 saturated carbocycles. The summed E-state index contributed by atoms with van der Waals surface area (Å²) in [7, 11) is 1.67. The number of methoxy groups -OCH3 is 1. The van der Waals surface area contributed by atoms with E-state index in [9.17, 15) is 10.1 Å². The van der Waals surface area contributed by atoms with Crippen molar-refractivity contribution in [3.8, 4) is 0 Å². The molecule has 0 unspecified atom stereocenters. The summed E-state index contributed by atoms with van der Waals surface area (Å²) in [6, 6.07) is 16.8. The van der Waals surface area contributed by atoms with Crippen molar-refractivity contribution in [2.75, 3.05) is 13.7 Å². The molecule has 1 heterocycles. The summed E-state index contributed by atoms with van der Waals surface area (Å²) in [5.41, 5.74) is 2.14. The standard InChI is InChI=1S/C20H22N4O3S/c1-15(17-9-6-10-18(14-17)24(25)26)28-20-22-21-19(23(20)11-12-27-2)13-16-7-4-3-5-8-16/h3-10,14-15H,11-13H2,1-2H3/t15-/m1/s1. The van der Waals surface area contributed by atoms with E-state index in [4.69, 9.17) is 4.74 Å². The molecule has 0 saturated heterocycles. The predicted molar refractivity (Wildman–Crippen MR) is 109 cm³/mol. The van der Waals surface area contributed by atoms with Gasteiger partial charge in [0, 0.05) is 37.5 Å². The monoisotopic (exact) mass is 398 g/mol. The molecule has 28 heavy (non-hydrogen) atoms. The Balaban J connectivity index is 1.82. The lowest BCUT2D eigenvalue weighted by Crippen LogP contribution is -2.10. The number of hydrogen-bond donors (Lipinski definition) is 0. The average Bonchev–Trinajstić information content (AvgIpc) is 3.08. The fraction of sp³-hybridized carbons (Fsp3) is 0.300. The molecule has 0 amide bonds. The van der Waals surface area contributed by atoms with Gasteiger partial charge in [-0.2, -0.15) is 0 Å². The molecule has 0 fully saturated rings. The van der Waals surface area contributed by atoms with Gasteiger partial charge in [0.25, 0.3) is 5.69 Å². The van der Waals surface area contributed by atoms with Crippen molar-refractivity contribution < 1.29 is 9.66 Å². The number of benzene rings is 2. The maximum Gasteiger partial charge on any atom is 0.269 e. The maximum atomic E-state index is 11.0. The smallest absolute Gasteiger partial charge is 0.269 e. The number of ether oxygens (including phenoxy) is 1. The minimum Gasteiger partial charge on any atom is -0.383 e. The van der Waals surface area contributed by atoms with Gasteiger partial charge in [-0.25, -0.2) is 0 Å². The fourth-order valence-corrected chi connectivity index (χ4v) is 3.85. The summed E-state index contributed by atoms with van der Waals surface area (Å²) in [4.78, 5) is 10.7. The van der Waals surface area contributed by atoms with Crippen molar-refractivity contribution in [3.63, 3.8) is 0 Å². The van der Waals surface area contributed by atoms with E-state index in [1.165, 1.54) is 17.8 Å². The van der Waals surface area contributed by atoms with E-state index in [-0.39, 0.29) is 15.9 Å². The minimum absolute atomic E-state index is 0.00466. The molecule has 0 aliphatic carbocycles. The molecule has 0 spiro atoms. The van der Waals surface area contributed by atoms with Crippen molar-refractivity contribution >= 4 is 17.4 Å². The molecule has 0 N–H and O–H groups in total. The molecule has 8 heteroatoms. The van der Waals surface area contributed by atoms with Gasteiger partial charge in [0.1, 0.15) is 5.82 Å². The number of rotatable bonds is 9. The number of aromatic nitrogens is 3. The first-order valence-electron chi connectivity index (χ1n) is 8.94. The number of thioether (sulfide) groups is 1. The summed E-state index contributed by atoms with van der Waals surface area (Å²) in [5, 5.41) is 20.6. The second-order valence-electron chi connectivity index (χ2n) is 6.32. The molecular formula is C20H22N4O3S. The molecule has 1 aromatic heterocycles. The normalized spacial score (nSPS) is 12.1. The third kappa shape index (κ3) is 4.96. The predicted octanol–water partition coefficient (Wildman–Crippen LogP) is 4.28. The van der Waals surface area contributed by atoms with E-state index in [0.29, 0.717) is 19.6 Å². The zero-order valence-corrected chi connectivity index (χ0v) is 16.6. The van der Waals surface area contributed by atoms with Gasteiger partial charge in [-0.05, 0) is 18.1 Å². The Hall–Kier alpha value is -2.71. The van der Waals surface area contributed by atoms with Crippen molar-refractivity contribution in [2.24, 2.45) is 0 Å². The molecule has 3 aromatic rings. The first-order chi connectivity index (χ1) is 13.6. The van der Waals surface area contributed by atoms with E-state index in [2.05, 4.69) is 26.9 Å². The number of nitro groups is 1. The van der Waals surface area contributed by atoms with Crippen molar-refractivity contribution in [2.45, 2.75) is 30.3 Å². The van der Waals surface area contributed by atoms with Crippen LogP contribution in [-0.2, 0) is 17.7 Å². The summed E-state index contributed by atoms with van der Waals surface area (Å²) in [6.45, 7) is 3.21. The lowest BCUT2D eigenvalue weighted by Gasteiger charge is -2.13. The van der Waals surface area contributed by atoms with Crippen LogP contribution in [0.5, 0.6) is 0 Å². The largest absolute Gasteiger partial charge is 0.383 e. The minimum atomic E-state index is -0.375. The van der Waals surface area contributed by atoms with Gasteiger partial charge in [-0.15, -0.1) is 10.2 Å². The highest BCUT2D eigenvalue weighted by atomic mass is 32.2. The molecule has 0 bridgehead atoms. The molecule has 7 nitrogen and oxygen atoms in total. The number of hydrogen-bond acceptors (Lipinski definition) is 6. The molecule has 0 radical (unpaired) electrons. The van der Waals surface area contributed by atoms with E-state index in [1.807, 2.05) is 31.2 Å². The highest BCUT2D eigenvalue weighted by Crippen LogP contribution is 2.35. The zero-order valence-electron chi connectivity index (χ0n) is 15.8. The van der Waals surface area contributed by atoms with Crippen LogP contribution >= 0.6 is 11.8 Å². The Kier molecular flexibility index (Phi) is 6.78. The van der Waals surface area contributed by atoms with E-state index < -0.39 is 0 Å². The Morgan fingerprint density at radius 1 is 1.18 bits per heavy atom. The quantitative estimate of drug-likeness (QED) is 0.304. The summed E-state index contributed by atoms with van der Waals surface area (Å²) < 4.78 is 7.31. The van der Waals surface area contributed by atoms with Crippen LogP contribution in [0, 0.1) is 10.1 Å². The average molecular weight is 398 g/mol. The third-order valence-corrected chi connectivity index (χ3v) is 5.49. The zero-order chi connectivity index (χ0) is 19.9. The van der Waals surface area contributed by atoms with Gasteiger partial charge in [-0.1, -0.05) is 54.2 Å². The van der Waals surface area contributed by atoms with Crippen LogP contribution in [0.15, 0.2) is 59.8 Å². The van der Waals surface area contributed by atoms with Gasteiger partial charge in [0.2, 0.25) is 0 Å². The lowest BCUT2D eigenvalue weighted by atomic mass is 10.1. The second kappa shape index (κ2) is 9.48. The van der Waals surface area contributed by atoms with Crippen LogP contribution in [0.25, 0.3) is 0 Å². The number of non-ortho nitro benzene ring substituents is 1. The highest BCUT2D eigenvalue weighted by Gasteiger charge is 2.18. The van der Waals surface area contributed by atoms with Crippen LogP contribution < -0.4 is 0 Å². The Bertz CT molecular complexity index is 930. The summed E-state index contributed by atoms with van der Waals surface area (Å²) >= 11 is 1.54. The fourth-order valence-electron chi connectivity index (χ4n) is 2.84. The molecule has 3 rings (SSSR count). The molecule has 0 aliphatic heterocycles. The maximum absolute atomic E-state index is 11.0. The lowest BCUT2D eigenvalue weighted by molar-refractivity contribution is -0.384. The van der Waals surface area contributed by atoms with Gasteiger partial charge >= 0.3 is 0 Å². The highest BCUT2D eigenvalue weighted by molar-refractivity contribution is 7.99. The van der Waals surface area contributed by atoms with Crippen LogP contribution in [0.3, 0.4) is 0 Å². The molecule has 146 valence electrons. The first-order valence-corrected chi connectivity index (χ1v) is 9.82. The summed E-state index contributed by atoms with van der Waals surface area (Å²) in [6.07, 6.45) is 0.684. The van der Waals surface area contributed by atoms with E-state index in [1.54, 1.807) is 19.2 Å². The van der Waals surface area contributed by atoms with Crippen LogP contribution in [-0.4, -0.2) is 33.4 Å². The Labute approximate surface area is 167 Å². The van der Waals surface area contributed by atoms with Crippen molar-refractivity contribution in [1.82, 2.24) is 14.8 Å². The SMILES string of the molecule is COCCn1c(Cc2ccccc2)nnc1S[C@H](C)c1cccc([N+](=O)[O-])c1. The second-order valence-corrected chi connectivity index (χ2v) is 7.63. The van der Waals surface area contributed by atoms with Gasteiger partial charge < -0.3 is 9.30 Å². The van der Waals surface area contributed by atoms with Gasteiger partial charge in [0.05, 0.1) is 11.5 Å². The van der Waals surface area contributed by atoms with Crippen molar-refractivity contribution in [3.05, 3.63) is 81.7 Å². The van der Waals surface area contributed by atoms with Gasteiger partial charge in [-0.3, -0.25) is 10.1 Å². The van der Waals surface area contributed by atoms with Crippen LogP contribution in [0.1, 0.15) is 29.1 Å². The van der Waals surface area contributed by atoms with E-state index >= 15 is 0 Å². The summed E-state index contributed by atoms with van der Waals surface area (Å²) in [5.74, 6) is 0.872. The number of nitro benzene ring substituents is 1. The first kappa shape index (κ1) is 20.0. The molecule has 0 aliphatic rings. The number of nitrogens with zero attached hydrogens (tertiary/aromatic N) is 4.